The number of alkyl halides is 2. The second kappa shape index (κ2) is 54.9. The van der Waals surface area contributed by atoms with Gasteiger partial charge in [-0.3, -0.25) is 0 Å². The van der Waals surface area contributed by atoms with Gasteiger partial charge in [-0.05, 0) is 214 Å². The van der Waals surface area contributed by atoms with Crippen LogP contribution in [0.4, 0.5) is 8.78 Å². The van der Waals surface area contributed by atoms with Gasteiger partial charge in [-0.25, -0.2) is 37.5 Å². The summed E-state index contributed by atoms with van der Waals surface area (Å²) in [6, 6.07) is 43.2. The summed E-state index contributed by atoms with van der Waals surface area (Å²) in [5.41, 5.74) is 11.1. The van der Waals surface area contributed by atoms with Crippen LogP contribution < -0.4 is 97.9 Å². The van der Waals surface area contributed by atoms with Crippen molar-refractivity contribution >= 4 is 0 Å². The van der Waals surface area contributed by atoms with Gasteiger partial charge in [-0.1, -0.05) is 93.9 Å². The molecule has 734 valence electrons. The molecule has 2 saturated carbocycles. The topological polar surface area (TPSA) is 543 Å². The fourth-order valence-electron chi connectivity index (χ4n) is 14.2. The molecule has 6 aromatic carbocycles. The van der Waals surface area contributed by atoms with E-state index in [1.54, 1.807) is 126 Å². The van der Waals surface area contributed by atoms with Crippen LogP contribution in [0.15, 0.2) is 212 Å². The molecule has 2 fully saturated rings. The summed E-state index contributed by atoms with van der Waals surface area (Å²) in [5, 5.41) is 91.0. The first-order valence-corrected chi connectivity index (χ1v) is 42.9. The van der Waals surface area contributed by atoms with Crippen LogP contribution in [0.1, 0.15) is 132 Å². The average molecular weight is 2420 g/mol. The molecule has 0 spiro atoms. The third-order valence-electron chi connectivity index (χ3n) is 21.5. The fourth-order valence-corrected chi connectivity index (χ4v) is 14.2. The number of halogens is 2. The van der Waals surface area contributed by atoms with Gasteiger partial charge in [0.1, 0.15) is 45.4 Å². The van der Waals surface area contributed by atoms with E-state index in [2.05, 4.69) is 151 Å². The molecule has 57 heteroatoms. The van der Waals surface area contributed by atoms with Gasteiger partial charge < -0.3 is 94.3 Å². The Morgan fingerprint density at radius 2 is 0.618 bits per heavy atom. The molecule has 49 nitrogen and oxygen atoms in total. The van der Waals surface area contributed by atoms with Crippen LogP contribution in [0.5, 0.6) is 41.0 Å². The summed E-state index contributed by atoms with van der Waals surface area (Å²) < 4.78 is 81.1. The summed E-state index contributed by atoms with van der Waals surface area (Å²) in [5.74, 6) is 0.229. The van der Waals surface area contributed by atoms with E-state index >= 15 is 0 Å². The van der Waals surface area contributed by atoms with Gasteiger partial charge in [0.15, 0.2) is 35.3 Å². The number of aryl methyl sites for hydroxylation is 8. The first kappa shape index (κ1) is 116. The number of ether oxygens (including phenoxy) is 7. The SMILES string of the molecule is CC(C)c1cccc(-n2nnn(C)c2=O)c1COc1cc[n-]n1.CCCc1cccc(-n2nnn(C)c2=O)c1COc1cc[n-]n1.CCOc1cccc(-n2nnn(C)c2=O)c1COc1cc[n-]n1.Cc1cccc(-n2nnn(C)c2=O)c1COc1cc[n-]n1.Cn1nnn(-c2cccc(C3CC3(F)F)c2COc2cc[n-]n2)c1=O.Cn1nnn(-c2cccc(C3CC3)c2COc2cc[n-]n2)c1=O.[Y].[Y].[Y].[Y].[Y].[Y]. The maximum absolute atomic E-state index is 13.6. The van der Waals surface area contributed by atoms with E-state index in [9.17, 15) is 37.5 Å². The first-order valence-electron chi connectivity index (χ1n) is 42.9. The molecule has 0 saturated heterocycles. The first-order chi connectivity index (χ1) is 66.9. The third-order valence-corrected chi connectivity index (χ3v) is 21.5. The fraction of sp³-hybridized carbons (Fsp3) is 0.310. The standard InChI is InChI=1S/C15H13F2N6O2.C15H15N6O2.2C15H17N6O2.C14H15N6O3.C13H13N6O2.6Y/c1-22-14(24)23(21-20-22)12-4-2-3-9(11-7-15(11,16)17)10(12)8-25-13-5-6-18-19-13;1-20-15(22)21(19-18-20)13-4-2-3-11(10-5-6-10)12(13)9-23-14-7-8-16-17-14;1-10(2)11-5-4-6-13(21-15(22)20(3)18-19-21)12(11)9-23-14-7-8-16-17-14;1-3-5-11-6-4-7-13(21-15(22)20(2)18-19-21)12(11)10-23-14-8-9-16-17-14;1-3-22-12-6-4-5-11(20-14(21)19(2)17-18-20)10(12)9-23-13-7-8-15-16-13;1-9-4-3-5-11(19-13(20)18(2)16-17-19)10(9)8-21-12-6-7-14-15-12;;;;;;/h2-6,11H,7-8H2,1H3;2-4,7-8,10H,5-6,9H2,1H3;4-8,10H,9H2,1-3H3;4,6-9H,3,5,10H2,1-2H3;4-8H,3,9H2,1-2H3;3-7H,8H2,1-2H3;;;;;;/q6*-1;;;;;;. The molecule has 2 aliphatic carbocycles. The number of benzene rings is 6. The molecule has 20 rings (SSSR count). The molecule has 12 heterocycles. The Morgan fingerprint density at radius 1 is 0.340 bits per heavy atom. The molecule has 18 aromatic rings. The molecule has 1 atom stereocenters. The normalized spacial score (nSPS) is 12.2. The Bertz CT molecular complexity index is 7170. The van der Waals surface area contributed by atoms with Crippen LogP contribution in [-0.4, -0.2) is 162 Å². The van der Waals surface area contributed by atoms with Crippen LogP contribution in [0.2, 0.25) is 0 Å². The summed E-state index contributed by atoms with van der Waals surface area (Å²) in [7, 11) is 9.25. The van der Waals surface area contributed by atoms with Crippen molar-refractivity contribution < 1.29 is 238 Å². The quantitative estimate of drug-likeness (QED) is 0.0589. The van der Waals surface area contributed by atoms with Crippen molar-refractivity contribution in [3.63, 3.8) is 0 Å². The molecular formula is C87H90F2N36O13Y6-6. The molecule has 0 amide bonds. The Kier molecular flexibility index (Phi) is 44.4. The molecular weight excluding hydrogens is 2330 g/mol. The summed E-state index contributed by atoms with van der Waals surface area (Å²) in [6.07, 6.45) is 13.2. The Balaban J connectivity index is 0.000000191. The Labute approximate surface area is 967 Å². The van der Waals surface area contributed by atoms with Crippen LogP contribution in [0.3, 0.4) is 0 Å². The van der Waals surface area contributed by atoms with Crippen molar-refractivity contribution in [2.24, 2.45) is 42.3 Å². The van der Waals surface area contributed by atoms with Crippen molar-refractivity contribution in [2.75, 3.05) is 6.61 Å². The average Bonchev–Trinajstić information content (AvgIpc) is 1.59. The largest absolute Gasteiger partial charge is 0.579 e. The zero-order valence-corrected chi connectivity index (χ0v) is 96.7. The van der Waals surface area contributed by atoms with Crippen LogP contribution in [-0.2, 0) is 285 Å². The van der Waals surface area contributed by atoms with E-state index < -0.39 is 17.5 Å². The molecule has 0 N–H and O–H groups in total. The van der Waals surface area contributed by atoms with Gasteiger partial charge in [0.05, 0.1) is 52.2 Å². The second-order valence-electron chi connectivity index (χ2n) is 31.1. The van der Waals surface area contributed by atoms with E-state index in [1.807, 2.05) is 80.6 Å². The number of rotatable bonds is 31. The number of aromatic nitrogens is 36. The Hall–Kier alpha value is -11.1. The monoisotopic (exact) mass is 2420 g/mol. The van der Waals surface area contributed by atoms with Crippen molar-refractivity contribution in [3.8, 4) is 75.2 Å². The van der Waals surface area contributed by atoms with Crippen molar-refractivity contribution in [3.05, 3.63) is 307 Å². The van der Waals surface area contributed by atoms with Gasteiger partial charge in [0.25, 0.3) is 5.92 Å². The minimum atomic E-state index is -2.75. The molecule has 144 heavy (non-hydrogen) atoms. The van der Waals surface area contributed by atoms with E-state index in [0.29, 0.717) is 105 Å². The third kappa shape index (κ3) is 28.8. The van der Waals surface area contributed by atoms with Crippen molar-refractivity contribution in [2.45, 2.75) is 130 Å². The molecule has 6 radical (unpaired) electrons. The Morgan fingerprint density at radius 3 is 0.931 bits per heavy atom. The number of hydrogen-bond acceptors (Lipinski definition) is 31. The summed E-state index contributed by atoms with van der Waals surface area (Å²) >= 11 is 0. The van der Waals surface area contributed by atoms with E-state index in [-0.39, 0.29) is 276 Å². The second-order valence-corrected chi connectivity index (χ2v) is 31.1. The maximum atomic E-state index is 13.6. The van der Waals surface area contributed by atoms with Crippen LogP contribution in [0, 0.1) is 6.92 Å². The van der Waals surface area contributed by atoms with Gasteiger partial charge >= 0.3 is 34.1 Å². The van der Waals surface area contributed by atoms with Crippen LogP contribution in [0.25, 0.3) is 34.1 Å². The minimum Gasteiger partial charge on any atom is -0.579 e. The molecule has 0 bridgehead atoms. The van der Waals surface area contributed by atoms with Gasteiger partial charge in [0.2, 0.25) is 0 Å². The maximum Gasteiger partial charge on any atom is 0.368 e. The van der Waals surface area contributed by atoms with Gasteiger partial charge in [-0.2, -0.15) is 93.4 Å². The van der Waals surface area contributed by atoms with Gasteiger partial charge in [-0.15, -0.1) is 0 Å². The number of nitrogens with zero attached hydrogens (tertiary/aromatic N) is 36. The van der Waals surface area contributed by atoms with Crippen molar-refractivity contribution in [1.82, 2.24) is 180 Å². The summed E-state index contributed by atoms with van der Waals surface area (Å²) in [6.45, 7) is 11.8. The van der Waals surface area contributed by atoms with Crippen molar-refractivity contribution in [1.29, 1.82) is 0 Å². The van der Waals surface area contributed by atoms with E-state index in [0.717, 1.165) is 78.7 Å². The number of tetrazole rings is 6. The van der Waals surface area contributed by atoms with E-state index in [4.69, 9.17) is 33.2 Å². The predicted octanol–water partition coefficient (Wildman–Crippen LogP) is 4.15. The molecule has 0 aliphatic heterocycles. The smallest absolute Gasteiger partial charge is 0.368 e. The molecule has 12 aromatic heterocycles. The summed E-state index contributed by atoms with van der Waals surface area (Å²) in [4.78, 5) is 72.8. The number of hydrogen-bond donors (Lipinski definition) is 0. The predicted molar refractivity (Wildman–Crippen MR) is 479 cm³/mol. The molecule has 2 aliphatic rings. The minimum absolute atomic E-state index is 0. The van der Waals surface area contributed by atoms with E-state index in [1.165, 1.54) is 74.2 Å². The van der Waals surface area contributed by atoms with Crippen LogP contribution >= 0.6 is 0 Å². The molecule has 1 unspecified atom stereocenters. The zero-order chi connectivity index (χ0) is 97.1. The van der Waals surface area contributed by atoms with Gasteiger partial charge in [0, 0.05) is 273 Å². The zero-order valence-electron chi connectivity index (χ0n) is 79.7.